The minimum absolute atomic E-state index is 1.15. The summed E-state index contributed by atoms with van der Waals surface area (Å²) in [6.07, 6.45) is 1.94. The van der Waals surface area contributed by atoms with Gasteiger partial charge in [0.05, 0.1) is 0 Å². The highest BCUT2D eigenvalue weighted by Crippen LogP contribution is 2.29. The van der Waals surface area contributed by atoms with E-state index in [0.717, 1.165) is 5.70 Å². The third-order valence-electron chi connectivity index (χ3n) is 1.48. The van der Waals surface area contributed by atoms with E-state index in [-0.39, 0.29) is 0 Å². The first kappa shape index (κ1) is 5.86. The van der Waals surface area contributed by atoms with E-state index in [0.29, 0.717) is 0 Å². The molecule has 1 aromatic rings. The topological polar surface area (TPSA) is 3.01 Å². The van der Waals surface area contributed by atoms with Crippen molar-refractivity contribution < 1.29 is 0 Å². The molecule has 10 heavy (non-hydrogen) atoms. The van der Waals surface area contributed by atoms with E-state index in [9.17, 15) is 0 Å². The van der Waals surface area contributed by atoms with E-state index < -0.39 is 0 Å². The highest BCUT2D eigenvalue weighted by Gasteiger charge is 2.09. The predicted molar refractivity (Wildman–Crippen MR) is 43.6 cm³/mol. The van der Waals surface area contributed by atoms with Gasteiger partial charge in [0.1, 0.15) is 0 Å². The smallest absolute Gasteiger partial charge is 0.0402 e. The van der Waals surface area contributed by atoms with Gasteiger partial charge in [0.15, 0.2) is 0 Å². The number of nitrogens with zero attached hydrogens (tertiary/aromatic N) is 1. The third kappa shape index (κ3) is 0.907. The Hall–Kier alpha value is -0.890. The molecule has 1 nitrogen and oxygen atoms in total. The monoisotopic (exact) mass is 148 g/mol. The first-order valence-electron chi connectivity index (χ1n) is 3.11. The van der Waals surface area contributed by atoms with E-state index in [2.05, 4.69) is 12.1 Å². The lowest BCUT2D eigenvalue weighted by molar-refractivity contribution is 1.07. The number of benzene rings is 1. The fourth-order valence-corrected chi connectivity index (χ4v) is 1.10. The number of hydrogen-bond acceptors (Lipinski definition) is 2. The van der Waals surface area contributed by atoms with Crippen molar-refractivity contribution in [1.82, 2.24) is 4.31 Å². The molecule has 1 heterocycles. The first-order chi connectivity index (χ1) is 4.88. The second-order valence-corrected chi connectivity index (χ2v) is 2.60. The zero-order valence-corrected chi connectivity index (χ0v) is 6.14. The molecule has 0 bridgehead atoms. The molecule has 0 atom stereocenters. The average molecular weight is 148 g/mol. The van der Waals surface area contributed by atoms with Crippen LogP contribution in [0.15, 0.2) is 36.5 Å². The van der Waals surface area contributed by atoms with E-state index in [1.807, 2.05) is 24.4 Å². The third-order valence-corrected chi connectivity index (χ3v) is 1.78. The molecule has 50 valence electrons. The summed E-state index contributed by atoms with van der Waals surface area (Å²) in [5, 5.41) is 0. The Bertz CT molecular complexity index is 266. The molecule has 1 aromatic carbocycles. The molecule has 2 rings (SSSR count). The van der Waals surface area contributed by atoms with Crippen LogP contribution in [0.5, 0.6) is 0 Å². The van der Waals surface area contributed by atoms with Crippen molar-refractivity contribution in [1.29, 1.82) is 0 Å². The van der Waals surface area contributed by atoms with Gasteiger partial charge in [-0.3, -0.25) is 0 Å². The van der Waals surface area contributed by atoms with Crippen molar-refractivity contribution in [3.8, 4) is 0 Å². The Labute approximate surface area is 65.5 Å². The minimum Gasteiger partial charge on any atom is -0.661 e. The van der Waals surface area contributed by atoms with Crippen LogP contribution in [0, 0.1) is 0 Å². The summed E-state index contributed by atoms with van der Waals surface area (Å²) >= 11 is 4.88. The summed E-state index contributed by atoms with van der Waals surface area (Å²) in [5.74, 6) is 0. The number of hydrogen-bond donors (Lipinski definition) is 0. The molecule has 1 aliphatic rings. The summed E-state index contributed by atoms with van der Waals surface area (Å²) in [4.78, 5) is 0. The lowest BCUT2D eigenvalue weighted by Gasteiger charge is -2.08. The van der Waals surface area contributed by atoms with Crippen LogP contribution in [-0.4, -0.2) is 4.31 Å². The molecule has 2 heteroatoms. The van der Waals surface area contributed by atoms with Gasteiger partial charge in [-0.25, -0.2) is 0 Å². The fourth-order valence-electron chi connectivity index (χ4n) is 0.893. The second kappa shape index (κ2) is 2.06. The molecule has 0 amide bonds. The van der Waals surface area contributed by atoms with Gasteiger partial charge in [-0.05, 0) is 5.56 Å². The molecule has 0 aromatic heterocycles. The summed E-state index contributed by atoms with van der Waals surface area (Å²) in [6, 6.07) is 10.1. The van der Waals surface area contributed by atoms with Crippen LogP contribution < -0.4 is 0 Å². The normalized spacial score (nSPS) is 14.9. The zero-order valence-electron chi connectivity index (χ0n) is 5.32. The molecule has 0 spiro atoms. The molecule has 0 saturated heterocycles. The quantitative estimate of drug-likeness (QED) is 0.558. The van der Waals surface area contributed by atoms with Gasteiger partial charge in [0.25, 0.3) is 0 Å². The Kier molecular flexibility index (Phi) is 1.21. The second-order valence-electron chi connectivity index (χ2n) is 2.21. The van der Waals surface area contributed by atoms with Gasteiger partial charge in [-0.2, -0.15) is 0 Å². The van der Waals surface area contributed by atoms with Crippen molar-refractivity contribution in [2.24, 2.45) is 0 Å². The average Bonchev–Trinajstić information content (AvgIpc) is 2.69. The van der Waals surface area contributed by atoms with Crippen LogP contribution in [0.4, 0.5) is 0 Å². The van der Waals surface area contributed by atoms with Crippen LogP contribution in [0.2, 0.25) is 0 Å². The summed E-state index contributed by atoms with van der Waals surface area (Å²) in [7, 11) is 0. The van der Waals surface area contributed by atoms with Crippen molar-refractivity contribution in [2.75, 3.05) is 0 Å². The van der Waals surface area contributed by atoms with Gasteiger partial charge in [-0.1, -0.05) is 30.3 Å². The van der Waals surface area contributed by atoms with E-state index in [1.54, 1.807) is 4.31 Å². The van der Waals surface area contributed by atoms with Crippen LogP contribution in [0.1, 0.15) is 5.56 Å². The van der Waals surface area contributed by atoms with E-state index in [1.165, 1.54) is 5.56 Å². The van der Waals surface area contributed by atoms with Crippen molar-refractivity contribution in [3.63, 3.8) is 0 Å². The standard InChI is InChI=1S/C8H6NS/c10-9-6-8(9)7-4-2-1-3-5-7/h1-6H/q-1. The van der Waals surface area contributed by atoms with Crippen molar-refractivity contribution in [3.05, 3.63) is 42.1 Å². The van der Waals surface area contributed by atoms with Crippen molar-refractivity contribution in [2.45, 2.75) is 0 Å². The maximum atomic E-state index is 4.88. The van der Waals surface area contributed by atoms with E-state index >= 15 is 0 Å². The Morgan fingerprint density at radius 2 is 1.70 bits per heavy atom. The van der Waals surface area contributed by atoms with Crippen LogP contribution in [0.25, 0.3) is 5.70 Å². The molecular formula is C8H6NS-. The van der Waals surface area contributed by atoms with Crippen LogP contribution in [-0.2, 0) is 12.8 Å². The van der Waals surface area contributed by atoms with Crippen molar-refractivity contribution >= 4 is 18.5 Å². The zero-order chi connectivity index (χ0) is 6.97. The predicted octanol–water partition coefficient (Wildman–Crippen LogP) is 1.76. The van der Waals surface area contributed by atoms with Gasteiger partial charge in [-0.15, -0.1) is 0 Å². The summed E-state index contributed by atoms with van der Waals surface area (Å²) < 4.78 is 1.70. The first-order valence-corrected chi connectivity index (χ1v) is 3.48. The largest absolute Gasteiger partial charge is 0.661 e. The molecular weight excluding hydrogens is 142 g/mol. The summed E-state index contributed by atoms with van der Waals surface area (Å²) in [5.41, 5.74) is 2.35. The fraction of sp³-hybridized carbons (Fsp3) is 0. The Morgan fingerprint density at radius 1 is 1.10 bits per heavy atom. The van der Waals surface area contributed by atoms with Crippen LogP contribution in [0.3, 0.4) is 0 Å². The maximum absolute atomic E-state index is 4.88. The molecule has 0 fully saturated rings. The highest BCUT2D eigenvalue weighted by molar-refractivity contribution is 7.57. The Morgan fingerprint density at radius 3 is 2.20 bits per heavy atom. The SMILES string of the molecule is [S-]N1C=C1c1ccccc1. The molecule has 0 saturated carbocycles. The molecule has 1 aliphatic heterocycles. The van der Waals surface area contributed by atoms with Gasteiger partial charge in [0, 0.05) is 11.9 Å². The van der Waals surface area contributed by atoms with Gasteiger partial charge in [0.2, 0.25) is 0 Å². The maximum Gasteiger partial charge on any atom is 0.0402 e. The Balaban J connectivity index is 2.29. The lowest BCUT2D eigenvalue weighted by atomic mass is 10.2. The van der Waals surface area contributed by atoms with Gasteiger partial charge < -0.3 is 17.1 Å². The molecule has 0 aliphatic carbocycles. The molecule has 0 radical (unpaired) electrons. The summed E-state index contributed by atoms with van der Waals surface area (Å²) in [6.45, 7) is 0. The minimum atomic E-state index is 1.15. The van der Waals surface area contributed by atoms with E-state index in [4.69, 9.17) is 12.8 Å². The van der Waals surface area contributed by atoms with Crippen LogP contribution >= 0.6 is 0 Å². The molecule has 0 unspecified atom stereocenters. The highest BCUT2D eigenvalue weighted by atomic mass is 32.1. The van der Waals surface area contributed by atoms with Gasteiger partial charge >= 0.3 is 0 Å². The molecule has 0 N–H and O–H groups in total. The number of rotatable bonds is 1. The lowest BCUT2D eigenvalue weighted by Crippen LogP contribution is -1.83.